The van der Waals surface area contributed by atoms with Gasteiger partial charge in [0.2, 0.25) is 5.91 Å². The molecule has 1 amide bonds. The summed E-state index contributed by atoms with van der Waals surface area (Å²) in [6, 6.07) is 0.673. The Morgan fingerprint density at radius 2 is 2.38 bits per heavy atom. The second-order valence-corrected chi connectivity index (χ2v) is 5.46. The molecule has 0 saturated heterocycles. The van der Waals surface area contributed by atoms with Gasteiger partial charge in [-0.25, -0.2) is 0 Å². The number of nitrogens with zero attached hydrogens (tertiary/aromatic N) is 1. The Kier molecular flexibility index (Phi) is 3.74. The van der Waals surface area contributed by atoms with Gasteiger partial charge in [0.15, 0.2) is 5.17 Å². The van der Waals surface area contributed by atoms with Crippen molar-refractivity contribution in [2.24, 2.45) is 4.99 Å². The zero-order valence-electron chi connectivity index (χ0n) is 9.82. The SMILES string of the molecule is CCC1CSC(NC(C)C(=O)NC2CC2)=N1. The van der Waals surface area contributed by atoms with E-state index >= 15 is 0 Å². The van der Waals surface area contributed by atoms with Gasteiger partial charge in [-0.3, -0.25) is 9.79 Å². The van der Waals surface area contributed by atoms with Crippen molar-refractivity contribution >= 4 is 22.8 Å². The number of thioether (sulfide) groups is 1. The molecule has 1 aliphatic heterocycles. The summed E-state index contributed by atoms with van der Waals surface area (Å²) in [5.41, 5.74) is 0. The monoisotopic (exact) mass is 241 g/mol. The van der Waals surface area contributed by atoms with Gasteiger partial charge >= 0.3 is 0 Å². The summed E-state index contributed by atoms with van der Waals surface area (Å²) in [7, 11) is 0. The molecule has 0 aromatic heterocycles. The van der Waals surface area contributed by atoms with Crippen molar-refractivity contribution in [1.82, 2.24) is 10.6 Å². The lowest BCUT2D eigenvalue weighted by atomic mass is 10.3. The van der Waals surface area contributed by atoms with E-state index < -0.39 is 0 Å². The minimum atomic E-state index is -0.178. The normalized spacial score (nSPS) is 26.1. The molecule has 16 heavy (non-hydrogen) atoms. The second kappa shape index (κ2) is 5.08. The molecule has 0 spiro atoms. The summed E-state index contributed by atoms with van der Waals surface area (Å²) < 4.78 is 0. The number of hydrogen-bond acceptors (Lipinski definition) is 4. The van der Waals surface area contributed by atoms with Crippen molar-refractivity contribution in [3.63, 3.8) is 0 Å². The molecule has 2 N–H and O–H groups in total. The van der Waals surface area contributed by atoms with Gasteiger partial charge < -0.3 is 10.6 Å². The van der Waals surface area contributed by atoms with Crippen LogP contribution in [0.1, 0.15) is 33.1 Å². The van der Waals surface area contributed by atoms with E-state index in [2.05, 4.69) is 22.5 Å². The molecule has 0 bridgehead atoms. The van der Waals surface area contributed by atoms with Crippen molar-refractivity contribution in [1.29, 1.82) is 0 Å². The van der Waals surface area contributed by atoms with Crippen molar-refractivity contribution in [3.8, 4) is 0 Å². The largest absolute Gasteiger partial charge is 0.353 e. The number of carbonyl (C=O) groups is 1. The molecule has 2 aliphatic rings. The molecule has 0 aromatic rings. The highest BCUT2D eigenvalue weighted by Crippen LogP contribution is 2.20. The van der Waals surface area contributed by atoms with E-state index in [9.17, 15) is 4.79 Å². The Balaban J connectivity index is 1.77. The van der Waals surface area contributed by atoms with Crippen LogP contribution in [0.4, 0.5) is 0 Å². The minimum absolute atomic E-state index is 0.0887. The summed E-state index contributed by atoms with van der Waals surface area (Å²) in [6.07, 6.45) is 3.33. The first kappa shape index (κ1) is 11.8. The topological polar surface area (TPSA) is 53.5 Å². The van der Waals surface area contributed by atoms with Gasteiger partial charge in [0.05, 0.1) is 6.04 Å². The lowest BCUT2D eigenvalue weighted by molar-refractivity contribution is -0.122. The lowest BCUT2D eigenvalue weighted by Gasteiger charge is -2.13. The van der Waals surface area contributed by atoms with Gasteiger partial charge in [0.25, 0.3) is 0 Å². The van der Waals surface area contributed by atoms with Crippen LogP contribution in [0.15, 0.2) is 4.99 Å². The van der Waals surface area contributed by atoms with Crippen LogP contribution >= 0.6 is 11.8 Å². The zero-order valence-corrected chi connectivity index (χ0v) is 10.6. The van der Waals surface area contributed by atoms with E-state index in [0.29, 0.717) is 12.1 Å². The third-order valence-corrected chi connectivity index (χ3v) is 3.89. The molecule has 2 unspecified atom stereocenters. The van der Waals surface area contributed by atoms with E-state index in [4.69, 9.17) is 0 Å². The first-order valence-electron chi connectivity index (χ1n) is 5.96. The third-order valence-electron chi connectivity index (χ3n) is 2.84. The predicted octanol–water partition coefficient (Wildman–Crippen LogP) is 1.12. The maximum atomic E-state index is 11.7. The van der Waals surface area contributed by atoms with Gasteiger partial charge in [-0.1, -0.05) is 18.7 Å². The van der Waals surface area contributed by atoms with E-state index in [0.717, 1.165) is 30.2 Å². The Morgan fingerprint density at radius 1 is 1.62 bits per heavy atom. The van der Waals surface area contributed by atoms with Crippen LogP contribution in [-0.4, -0.2) is 35.0 Å². The number of amides is 1. The van der Waals surface area contributed by atoms with Crippen molar-refractivity contribution < 1.29 is 4.79 Å². The quantitative estimate of drug-likeness (QED) is 0.775. The maximum Gasteiger partial charge on any atom is 0.242 e. The number of hydrogen-bond donors (Lipinski definition) is 2. The molecule has 0 radical (unpaired) electrons. The van der Waals surface area contributed by atoms with E-state index in [1.54, 1.807) is 11.8 Å². The molecule has 90 valence electrons. The number of carbonyl (C=O) groups excluding carboxylic acids is 1. The highest BCUT2D eigenvalue weighted by atomic mass is 32.2. The molecule has 1 heterocycles. The van der Waals surface area contributed by atoms with Gasteiger partial charge in [-0.2, -0.15) is 0 Å². The van der Waals surface area contributed by atoms with Crippen molar-refractivity contribution in [2.75, 3.05) is 5.75 Å². The Hall–Kier alpha value is -0.710. The van der Waals surface area contributed by atoms with Crippen LogP contribution in [-0.2, 0) is 4.79 Å². The standard InChI is InChI=1S/C11H19N3OS/c1-3-8-6-16-11(14-8)12-7(2)10(15)13-9-4-5-9/h7-9H,3-6H2,1-2H3,(H,12,14)(H,13,15). The predicted molar refractivity (Wildman–Crippen MR) is 67.7 cm³/mol. The van der Waals surface area contributed by atoms with E-state index in [1.165, 1.54) is 0 Å². The van der Waals surface area contributed by atoms with Crippen LogP contribution in [0.25, 0.3) is 0 Å². The average molecular weight is 241 g/mol. The molecule has 0 aromatic carbocycles. The van der Waals surface area contributed by atoms with Crippen LogP contribution in [0, 0.1) is 0 Å². The van der Waals surface area contributed by atoms with Crippen LogP contribution < -0.4 is 10.6 Å². The highest BCUT2D eigenvalue weighted by molar-refractivity contribution is 8.14. The van der Waals surface area contributed by atoms with Crippen LogP contribution in [0.2, 0.25) is 0 Å². The Morgan fingerprint density at radius 3 is 2.94 bits per heavy atom. The second-order valence-electron chi connectivity index (χ2n) is 4.46. The molecule has 2 atom stereocenters. The Labute approximate surface area is 101 Å². The summed E-state index contributed by atoms with van der Waals surface area (Å²) in [5, 5.41) is 7.09. The van der Waals surface area contributed by atoms with Gasteiger partial charge in [0, 0.05) is 11.8 Å². The molecular formula is C11H19N3OS. The van der Waals surface area contributed by atoms with Crippen LogP contribution in [0.5, 0.6) is 0 Å². The smallest absolute Gasteiger partial charge is 0.242 e. The summed E-state index contributed by atoms with van der Waals surface area (Å²) in [4.78, 5) is 16.2. The first-order valence-corrected chi connectivity index (χ1v) is 6.95. The van der Waals surface area contributed by atoms with Crippen LogP contribution in [0.3, 0.4) is 0 Å². The first-order chi connectivity index (χ1) is 7.69. The number of aliphatic imine (C=N–C) groups is 1. The average Bonchev–Trinajstić information content (AvgIpc) is 2.96. The summed E-state index contributed by atoms with van der Waals surface area (Å²) in [5.74, 6) is 1.13. The minimum Gasteiger partial charge on any atom is -0.353 e. The summed E-state index contributed by atoms with van der Waals surface area (Å²) >= 11 is 1.71. The van der Waals surface area contributed by atoms with Crippen molar-refractivity contribution in [2.45, 2.75) is 51.2 Å². The molecular weight excluding hydrogens is 222 g/mol. The molecule has 1 saturated carbocycles. The van der Waals surface area contributed by atoms with Gasteiger partial charge in [-0.05, 0) is 26.2 Å². The third kappa shape index (κ3) is 3.14. The summed E-state index contributed by atoms with van der Waals surface area (Å²) in [6.45, 7) is 4.03. The maximum absolute atomic E-state index is 11.7. The molecule has 1 aliphatic carbocycles. The zero-order chi connectivity index (χ0) is 11.5. The molecule has 5 heteroatoms. The number of amidine groups is 1. The molecule has 4 nitrogen and oxygen atoms in total. The Bertz CT molecular complexity index is 302. The number of rotatable bonds is 4. The molecule has 1 fully saturated rings. The fourth-order valence-corrected chi connectivity index (χ4v) is 2.65. The highest BCUT2D eigenvalue weighted by Gasteiger charge is 2.26. The van der Waals surface area contributed by atoms with Gasteiger partial charge in [-0.15, -0.1) is 0 Å². The van der Waals surface area contributed by atoms with E-state index in [1.807, 2.05) is 6.92 Å². The fraction of sp³-hybridized carbons (Fsp3) is 0.818. The number of nitrogens with one attached hydrogen (secondary N) is 2. The fourth-order valence-electron chi connectivity index (χ4n) is 1.51. The lowest BCUT2D eigenvalue weighted by Crippen LogP contribution is -2.44. The van der Waals surface area contributed by atoms with Crippen molar-refractivity contribution in [3.05, 3.63) is 0 Å². The molecule has 2 rings (SSSR count). The van der Waals surface area contributed by atoms with E-state index in [-0.39, 0.29) is 11.9 Å². The van der Waals surface area contributed by atoms with Gasteiger partial charge in [0.1, 0.15) is 6.04 Å².